The summed E-state index contributed by atoms with van der Waals surface area (Å²) in [5.74, 6) is -2.55. The first-order chi connectivity index (χ1) is 15.6. The van der Waals surface area contributed by atoms with E-state index in [1.165, 1.54) is 25.0 Å². The predicted octanol–water partition coefficient (Wildman–Crippen LogP) is 3.50. The topological polar surface area (TPSA) is 79.0 Å². The third-order valence-electron chi connectivity index (χ3n) is 6.83. The summed E-state index contributed by atoms with van der Waals surface area (Å²) in [4.78, 5) is 40.8. The van der Waals surface area contributed by atoms with Crippen molar-refractivity contribution in [1.29, 1.82) is 0 Å². The molecule has 2 saturated heterocycles. The molecule has 1 spiro atoms. The standard InChI is InChI=1S/C24H33F2N3O4/c1-15(2)13-18(22(31)33-4)27-23(32)29-12-9-24(14-29)7-10-28(11-8-24)21(30)19-17(25)6-5-16(3)20(19)26/h5-6,15,18H,7-14H2,1-4H3,(H,27,32). The van der Waals surface area contributed by atoms with Crippen molar-refractivity contribution >= 4 is 17.9 Å². The van der Waals surface area contributed by atoms with E-state index in [0.717, 1.165) is 12.5 Å². The van der Waals surface area contributed by atoms with Gasteiger partial charge in [-0.3, -0.25) is 4.79 Å². The minimum atomic E-state index is -0.853. The fourth-order valence-corrected chi connectivity index (χ4v) is 4.78. The number of carbonyl (C=O) groups is 3. The summed E-state index contributed by atoms with van der Waals surface area (Å²) in [6.45, 7) is 7.26. The minimum Gasteiger partial charge on any atom is -0.467 e. The highest BCUT2D eigenvalue weighted by Gasteiger charge is 2.43. The molecular weight excluding hydrogens is 432 g/mol. The first kappa shape index (κ1) is 24.9. The van der Waals surface area contributed by atoms with Crippen LogP contribution < -0.4 is 5.32 Å². The fourth-order valence-electron chi connectivity index (χ4n) is 4.78. The average Bonchev–Trinajstić information content (AvgIpc) is 3.19. The number of amides is 3. The normalized spacial score (nSPS) is 18.5. The maximum Gasteiger partial charge on any atom is 0.328 e. The highest BCUT2D eigenvalue weighted by Crippen LogP contribution is 2.40. The number of carbonyl (C=O) groups excluding carboxylic acids is 3. The quantitative estimate of drug-likeness (QED) is 0.675. The first-order valence-corrected chi connectivity index (χ1v) is 11.4. The number of likely N-dealkylation sites (tertiary alicyclic amines) is 2. The Morgan fingerprint density at radius 2 is 1.70 bits per heavy atom. The summed E-state index contributed by atoms with van der Waals surface area (Å²) in [6, 6.07) is 1.44. The molecule has 1 N–H and O–H groups in total. The second kappa shape index (κ2) is 10.1. The van der Waals surface area contributed by atoms with Gasteiger partial charge in [-0.1, -0.05) is 19.9 Å². The van der Waals surface area contributed by atoms with Crippen LogP contribution in [0.25, 0.3) is 0 Å². The molecule has 3 amide bonds. The van der Waals surface area contributed by atoms with Crippen molar-refractivity contribution in [3.63, 3.8) is 0 Å². The van der Waals surface area contributed by atoms with Crippen LogP contribution in [0.15, 0.2) is 12.1 Å². The van der Waals surface area contributed by atoms with Gasteiger partial charge in [0.1, 0.15) is 23.2 Å². The van der Waals surface area contributed by atoms with Crippen molar-refractivity contribution in [2.75, 3.05) is 33.3 Å². The Morgan fingerprint density at radius 1 is 1.09 bits per heavy atom. The van der Waals surface area contributed by atoms with Gasteiger partial charge in [0.05, 0.1) is 7.11 Å². The summed E-state index contributed by atoms with van der Waals surface area (Å²) in [5, 5.41) is 2.79. The number of nitrogens with one attached hydrogen (secondary N) is 1. The Bertz CT molecular complexity index is 913. The zero-order valence-electron chi connectivity index (χ0n) is 19.7. The number of ether oxygens (including phenoxy) is 1. The molecule has 2 fully saturated rings. The van der Waals surface area contributed by atoms with Crippen molar-refractivity contribution in [3.05, 3.63) is 34.9 Å². The van der Waals surface area contributed by atoms with Crippen molar-refractivity contribution in [2.24, 2.45) is 11.3 Å². The van der Waals surface area contributed by atoms with Gasteiger partial charge in [-0.15, -0.1) is 0 Å². The smallest absolute Gasteiger partial charge is 0.328 e. The van der Waals surface area contributed by atoms with E-state index < -0.39 is 35.1 Å². The number of aryl methyl sites for hydroxylation is 1. The molecular formula is C24H33F2N3O4. The van der Waals surface area contributed by atoms with Crippen LogP contribution in [0.5, 0.6) is 0 Å². The zero-order valence-corrected chi connectivity index (χ0v) is 19.7. The molecule has 33 heavy (non-hydrogen) atoms. The Hall–Kier alpha value is -2.71. The van der Waals surface area contributed by atoms with Crippen LogP contribution in [0, 0.1) is 29.9 Å². The molecule has 1 aromatic carbocycles. The average molecular weight is 466 g/mol. The number of hydrogen-bond acceptors (Lipinski definition) is 4. The molecule has 1 unspecified atom stereocenters. The number of nitrogens with zero attached hydrogens (tertiary/aromatic N) is 2. The van der Waals surface area contributed by atoms with Gasteiger partial charge in [0.2, 0.25) is 0 Å². The molecule has 0 radical (unpaired) electrons. The van der Waals surface area contributed by atoms with Crippen LogP contribution in [-0.4, -0.2) is 67.0 Å². The molecule has 1 atom stereocenters. The van der Waals surface area contributed by atoms with E-state index in [4.69, 9.17) is 4.74 Å². The van der Waals surface area contributed by atoms with Crippen molar-refractivity contribution in [2.45, 2.75) is 52.5 Å². The molecule has 2 heterocycles. The highest BCUT2D eigenvalue weighted by molar-refractivity contribution is 5.95. The monoisotopic (exact) mass is 465 g/mol. The molecule has 0 aliphatic carbocycles. The molecule has 0 bridgehead atoms. The second-order valence-corrected chi connectivity index (χ2v) is 9.67. The lowest BCUT2D eigenvalue weighted by Crippen LogP contribution is -2.49. The third-order valence-corrected chi connectivity index (χ3v) is 6.83. The molecule has 0 saturated carbocycles. The van der Waals surface area contributed by atoms with Crippen LogP contribution >= 0.6 is 0 Å². The molecule has 9 heteroatoms. The summed E-state index contributed by atoms with van der Waals surface area (Å²) >= 11 is 0. The highest BCUT2D eigenvalue weighted by atomic mass is 19.1. The molecule has 1 aromatic rings. The van der Waals surface area contributed by atoms with Crippen LogP contribution in [0.2, 0.25) is 0 Å². The number of rotatable bonds is 5. The Kier molecular flexibility index (Phi) is 7.59. The summed E-state index contributed by atoms with van der Waals surface area (Å²) < 4.78 is 33.4. The molecule has 2 aliphatic rings. The van der Waals surface area contributed by atoms with Gasteiger partial charge in [-0.2, -0.15) is 0 Å². The summed E-state index contributed by atoms with van der Waals surface area (Å²) in [6.07, 6.45) is 2.55. The molecule has 182 valence electrons. The van der Waals surface area contributed by atoms with Crippen molar-refractivity contribution in [1.82, 2.24) is 15.1 Å². The third kappa shape index (κ3) is 5.45. The Labute approximate surface area is 193 Å². The minimum absolute atomic E-state index is 0.142. The molecule has 3 rings (SSSR count). The van der Waals surface area contributed by atoms with E-state index in [0.29, 0.717) is 45.4 Å². The van der Waals surface area contributed by atoms with Gasteiger partial charge in [0, 0.05) is 26.2 Å². The summed E-state index contributed by atoms with van der Waals surface area (Å²) in [7, 11) is 1.30. The van der Waals surface area contributed by atoms with E-state index in [9.17, 15) is 23.2 Å². The maximum absolute atomic E-state index is 14.4. The largest absolute Gasteiger partial charge is 0.467 e. The van der Waals surface area contributed by atoms with Gasteiger partial charge in [0.25, 0.3) is 5.91 Å². The molecule has 7 nitrogen and oxygen atoms in total. The fraction of sp³-hybridized carbons (Fsp3) is 0.625. The van der Waals surface area contributed by atoms with Crippen molar-refractivity contribution < 1.29 is 27.9 Å². The van der Waals surface area contributed by atoms with E-state index in [1.807, 2.05) is 13.8 Å². The number of hydrogen-bond donors (Lipinski definition) is 1. The SMILES string of the molecule is COC(=O)C(CC(C)C)NC(=O)N1CCC2(CCN(C(=O)c3c(F)ccc(C)c3F)CC2)C1. The Balaban J connectivity index is 1.60. The molecule has 0 aromatic heterocycles. The lowest BCUT2D eigenvalue weighted by atomic mass is 9.77. The number of piperidine rings is 1. The maximum atomic E-state index is 14.4. The van der Waals surface area contributed by atoms with Crippen LogP contribution in [-0.2, 0) is 9.53 Å². The van der Waals surface area contributed by atoms with E-state index >= 15 is 0 Å². The van der Waals surface area contributed by atoms with Crippen LogP contribution in [0.1, 0.15) is 55.5 Å². The lowest BCUT2D eigenvalue weighted by molar-refractivity contribution is -0.143. The van der Waals surface area contributed by atoms with Crippen molar-refractivity contribution in [3.8, 4) is 0 Å². The van der Waals surface area contributed by atoms with Crippen LogP contribution in [0.4, 0.5) is 13.6 Å². The number of benzene rings is 1. The number of methoxy groups -OCH3 is 1. The van der Waals surface area contributed by atoms with E-state index in [-0.39, 0.29) is 22.9 Å². The van der Waals surface area contributed by atoms with Gasteiger partial charge >= 0.3 is 12.0 Å². The van der Waals surface area contributed by atoms with Gasteiger partial charge in [-0.05, 0) is 55.6 Å². The Morgan fingerprint density at radius 3 is 2.27 bits per heavy atom. The van der Waals surface area contributed by atoms with Crippen LogP contribution in [0.3, 0.4) is 0 Å². The zero-order chi connectivity index (χ0) is 24.3. The molecule has 2 aliphatic heterocycles. The van der Waals surface area contributed by atoms with Gasteiger partial charge < -0.3 is 19.9 Å². The number of urea groups is 1. The van der Waals surface area contributed by atoms with E-state index in [2.05, 4.69) is 5.32 Å². The number of halogens is 2. The second-order valence-electron chi connectivity index (χ2n) is 9.67. The lowest BCUT2D eigenvalue weighted by Gasteiger charge is -2.39. The predicted molar refractivity (Wildman–Crippen MR) is 119 cm³/mol. The number of esters is 1. The van der Waals surface area contributed by atoms with Gasteiger partial charge in [0.15, 0.2) is 0 Å². The van der Waals surface area contributed by atoms with E-state index in [1.54, 1.807) is 4.90 Å². The summed E-state index contributed by atoms with van der Waals surface area (Å²) in [5.41, 5.74) is -0.415. The first-order valence-electron chi connectivity index (χ1n) is 11.4. The van der Waals surface area contributed by atoms with Gasteiger partial charge in [-0.25, -0.2) is 18.4 Å².